The third kappa shape index (κ3) is 23.4. The first-order chi connectivity index (χ1) is 16.8. The number of aliphatic hydroxyl groups is 1. The van der Waals surface area contributed by atoms with Gasteiger partial charge in [0, 0.05) is 13.0 Å². The van der Waals surface area contributed by atoms with Crippen LogP contribution in [0.4, 0.5) is 0 Å². The van der Waals surface area contributed by atoms with Gasteiger partial charge in [0.25, 0.3) is 0 Å². The minimum absolute atomic E-state index is 0.0633. The van der Waals surface area contributed by atoms with Gasteiger partial charge in [0.2, 0.25) is 0 Å². The van der Waals surface area contributed by atoms with Crippen molar-refractivity contribution >= 4 is 13.8 Å². The van der Waals surface area contributed by atoms with Gasteiger partial charge in [-0.25, -0.2) is 4.57 Å². The maximum atomic E-state index is 12.3. The van der Waals surface area contributed by atoms with Crippen LogP contribution in [0.25, 0.3) is 0 Å². The van der Waals surface area contributed by atoms with Gasteiger partial charge in [-0.3, -0.25) is 13.8 Å². The number of aliphatic hydroxyl groups excluding tert-OH is 1. The maximum absolute atomic E-state index is 12.3. The van der Waals surface area contributed by atoms with E-state index in [0.29, 0.717) is 12.8 Å². The van der Waals surface area contributed by atoms with Crippen molar-refractivity contribution in [2.24, 2.45) is 5.73 Å². The predicted molar refractivity (Wildman–Crippen MR) is 138 cm³/mol. The highest BCUT2D eigenvalue weighted by atomic mass is 31.2. The van der Waals surface area contributed by atoms with Crippen LogP contribution in [-0.2, 0) is 27.9 Å². The molecule has 0 aliphatic heterocycles. The van der Waals surface area contributed by atoms with Crippen LogP contribution in [0.1, 0.15) is 103 Å². The molecule has 0 amide bonds. The Bertz CT molecular complexity index is 564. The van der Waals surface area contributed by atoms with E-state index in [1.807, 2.05) is 6.08 Å². The fourth-order valence-electron chi connectivity index (χ4n) is 3.41. The van der Waals surface area contributed by atoms with Crippen LogP contribution < -0.4 is 5.73 Å². The number of rotatable bonds is 26. The summed E-state index contributed by atoms with van der Waals surface area (Å²) in [5.41, 5.74) is 5.28. The van der Waals surface area contributed by atoms with Crippen LogP contribution in [0.2, 0.25) is 0 Å². The lowest BCUT2D eigenvalue weighted by Gasteiger charge is -2.21. The van der Waals surface area contributed by atoms with Gasteiger partial charge in [-0.2, -0.15) is 0 Å². The lowest BCUT2D eigenvalue weighted by atomic mass is 10.1. The zero-order chi connectivity index (χ0) is 26.2. The summed E-state index contributed by atoms with van der Waals surface area (Å²) >= 11 is 0. The van der Waals surface area contributed by atoms with Crippen LogP contribution in [0.15, 0.2) is 12.7 Å². The van der Waals surface area contributed by atoms with Gasteiger partial charge >= 0.3 is 13.8 Å². The number of phosphoric acid groups is 1. The molecule has 0 aromatic heterocycles. The summed E-state index contributed by atoms with van der Waals surface area (Å²) in [6.45, 7) is 5.27. The van der Waals surface area contributed by atoms with Crippen molar-refractivity contribution in [3.05, 3.63) is 12.7 Å². The van der Waals surface area contributed by atoms with Crippen molar-refractivity contribution in [1.29, 1.82) is 0 Å². The van der Waals surface area contributed by atoms with Gasteiger partial charge in [0.1, 0.15) is 6.10 Å². The second-order valence-electron chi connectivity index (χ2n) is 8.79. The smallest absolute Gasteiger partial charge is 0.457 e. The number of phosphoric ester groups is 1. The average molecular weight is 524 g/mol. The monoisotopic (exact) mass is 523 g/mol. The first-order valence-corrected chi connectivity index (χ1v) is 14.8. The van der Waals surface area contributed by atoms with Crippen LogP contribution in [0.3, 0.4) is 0 Å². The van der Waals surface area contributed by atoms with E-state index in [1.165, 1.54) is 25.7 Å². The molecule has 0 aliphatic rings. The number of nitrogens with two attached hydrogens (primary N) is 1. The molecule has 0 saturated heterocycles. The SMILES string of the molecule is C=CCCCCCCCC(=O)O[C@H](COC(O)CCCCCCCCC)COP(=O)(O)OCCN. The molecule has 9 nitrogen and oxygen atoms in total. The number of carbonyl (C=O) groups is 1. The zero-order valence-electron chi connectivity index (χ0n) is 21.7. The number of allylic oxidation sites excluding steroid dienone is 1. The van der Waals surface area contributed by atoms with Crippen LogP contribution in [0.5, 0.6) is 0 Å². The second-order valence-corrected chi connectivity index (χ2v) is 10.2. The predicted octanol–water partition coefficient (Wildman–Crippen LogP) is 5.38. The number of hydrogen-bond donors (Lipinski definition) is 3. The zero-order valence-corrected chi connectivity index (χ0v) is 22.6. The molecular weight excluding hydrogens is 473 g/mol. The Morgan fingerprint density at radius 2 is 1.60 bits per heavy atom. The normalized spacial score (nSPS) is 14.9. The van der Waals surface area contributed by atoms with Crippen LogP contribution in [-0.4, -0.2) is 54.7 Å². The van der Waals surface area contributed by atoms with Crippen molar-refractivity contribution in [2.75, 3.05) is 26.4 Å². The van der Waals surface area contributed by atoms with E-state index in [1.54, 1.807) is 0 Å². The van der Waals surface area contributed by atoms with Crippen LogP contribution in [0, 0.1) is 0 Å². The highest BCUT2D eigenvalue weighted by Crippen LogP contribution is 2.43. The van der Waals surface area contributed by atoms with E-state index in [-0.39, 0.29) is 26.2 Å². The molecule has 4 N–H and O–H groups in total. The summed E-state index contributed by atoms with van der Waals surface area (Å²) in [5, 5.41) is 10.1. The number of hydrogen-bond acceptors (Lipinski definition) is 8. The Labute approximate surface area is 212 Å². The molecule has 0 radical (unpaired) electrons. The van der Waals surface area contributed by atoms with Gasteiger partial charge < -0.3 is 25.2 Å². The summed E-state index contributed by atoms with van der Waals surface area (Å²) in [7, 11) is -4.32. The minimum atomic E-state index is -4.32. The van der Waals surface area contributed by atoms with E-state index < -0.39 is 32.8 Å². The van der Waals surface area contributed by atoms with Crippen molar-refractivity contribution in [3.63, 3.8) is 0 Å². The number of carbonyl (C=O) groups excluding carboxylic acids is 1. The van der Waals surface area contributed by atoms with E-state index in [4.69, 9.17) is 24.3 Å². The summed E-state index contributed by atoms with van der Waals surface area (Å²) in [4.78, 5) is 22.0. The molecule has 35 heavy (non-hydrogen) atoms. The third-order valence-corrected chi connectivity index (χ3v) is 6.40. The Morgan fingerprint density at radius 1 is 0.971 bits per heavy atom. The number of unbranched alkanes of at least 4 members (excludes halogenated alkanes) is 11. The molecule has 2 unspecified atom stereocenters. The molecule has 0 aromatic carbocycles. The number of esters is 1. The number of ether oxygens (including phenoxy) is 2. The second kappa shape index (κ2) is 23.6. The van der Waals surface area contributed by atoms with Gasteiger partial charge in [-0.1, -0.05) is 70.8 Å². The molecular formula is C25H50NO8P. The fraction of sp³-hybridized carbons (Fsp3) is 0.880. The average Bonchev–Trinajstić information content (AvgIpc) is 2.83. The highest BCUT2D eigenvalue weighted by Gasteiger charge is 2.25. The highest BCUT2D eigenvalue weighted by molar-refractivity contribution is 7.47. The minimum Gasteiger partial charge on any atom is -0.457 e. The van der Waals surface area contributed by atoms with E-state index in [2.05, 4.69) is 13.5 Å². The van der Waals surface area contributed by atoms with Gasteiger partial charge in [0.15, 0.2) is 6.29 Å². The molecule has 3 atom stereocenters. The molecule has 0 fully saturated rings. The van der Waals surface area contributed by atoms with E-state index >= 15 is 0 Å². The largest absolute Gasteiger partial charge is 0.472 e. The third-order valence-electron chi connectivity index (χ3n) is 5.41. The molecule has 0 bridgehead atoms. The molecule has 0 saturated carbocycles. The van der Waals surface area contributed by atoms with Crippen molar-refractivity contribution in [1.82, 2.24) is 0 Å². The molecule has 0 spiro atoms. The summed E-state index contributed by atoms with van der Waals surface area (Å²) in [6, 6.07) is 0. The van der Waals surface area contributed by atoms with Crippen molar-refractivity contribution in [3.8, 4) is 0 Å². The fourth-order valence-corrected chi connectivity index (χ4v) is 4.18. The standard InChI is InChI=1S/C25H50NO8P/c1-3-5-7-9-11-13-15-17-24(27)31-21-23(22-33-35(29,30)32-20-19-26)34-25(28)18-16-14-12-10-8-6-4-2/h4,23-24,27H,2-3,5-22,26H2,1H3,(H,29,30)/t23-,24?/m1/s1. The summed E-state index contributed by atoms with van der Waals surface area (Å²) in [6.07, 6.45) is 14.4. The topological polar surface area (TPSA) is 138 Å². The van der Waals surface area contributed by atoms with Gasteiger partial charge in [-0.05, 0) is 32.1 Å². The van der Waals surface area contributed by atoms with E-state index in [9.17, 15) is 19.4 Å². The van der Waals surface area contributed by atoms with E-state index in [0.717, 1.165) is 51.4 Å². The molecule has 0 aliphatic carbocycles. The first kappa shape index (κ1) is 34.2. The molecule has 0 aromatic rings. The van der Waals surface area contributed by atoms with Crippen molar-refractivity contribution < 1.29 is 37.9 Å². The van der Waals surface area contributed by atoms with Crippen LogP contribution >= 0.6 is 7.82 Å². The Hall–Kier alpha value is -0.800. The Balaban J connectivity index is 4.41. The lowest BCUT2D eigenvalue weighted by Crippen LogP contribution is -2.30. The Kier molecular flexibility index (Phi) is 23.1. The van der Waals surface area contributed by atoms with Gasteiger partial charge in [0.05, 0.1) is 19.8 Å². The Morgan fingerprint density at radius 3 is 2.26 bits per heavy atom. The molecule has 208 valence electrons. The van der Waals surface area contributed by atoms with Gasteiger partial charge in [-0.15, -0.1) is 6.58 Å². The molecule has 10 heteroatoms. The molecule has 0 heterocycles. The lowest BCUT2D eigenvalue weighted by molar-refractivity contribution is -0.166. The maximum Gasteiger partial charge on any atom is 0.472 e. The quantitative estimate of drug-likeness (QED) is 0.0448. The summed E-state index contributed by atoms with van der Waals surface area (Å²) < 4.78 is 32.4. The summed E-state index contributed by atoms with van der Waals surface area (Å²) in [5.74, 6) is -0.439. The molecule has 0 rings (SSSR count). The first-order valence-electron chi connectivity index (χ1n) is 13.3. The van der Waals surface area contributed by atoms with Crippen molar-refractivity contribution in [2.45, 2.75) is 116 Å².